The molecule has 0 aromatic heterocycles. The maximum atomic E-state index is 12.5. The molecule has 21 heavy (non-hydrogen) atoms. The van der Waals surface area contributed by atoms with Crippen LogP contribution in [0, 0.1) is 18.8 Å². The van der Waals surface area contributed by atoms with Gasteiger partial charge >= 0.3 is 0 Å². The Morgan fingerprint density at radius 3 is 3.00 bits per heavy atom. The summed E-state index contributed by atoms with van der Waals surface area (Å²) in [4.78, 5) is 14.5. The fraction of sp³-hybridized carbons (Fsp3) is 0.471. The lowest BCUT2D eigenvalue weighted by molar-refractivity contribution is 0.0763. The first-order valence-corrected chi connectivity index (χ1v) is 8.28. The highest BCUT2D eigenvalue weighted by molar-refractivity contribution is 7.99. The minimum Gasteiger partial charge on any atom is -0.395 e. The molecule has 0 spiro atoms. The quantitative estimate of drug-likeness (QED) is 0.852. The number of carbonyl (C=O) groups excluding carboxylic acids is 1. The molecule has 1 aromatic rings. The van der Waals surface area contributed by atoms with Crippen LogP contribution in [0.2, 0.25) is 0 Å². The molecule has 4 heteroatoms. The molecule has 1 atom stereocenters. The first kappa shape index (κ1) is 15.9. The summed E-state index contributed by atoms with van der Waals surface area (Å²) in [5, 5.41) is 9.25. The van der Waals surface area contributed by atoms with Gasteiger partial charge in [0.25, 0.3) is 5.91 Å². The summed E-state index contributed by atoms with van der Waals surface area (Å²) in [5.41, 5.74) is 2.66. The molecule has 3 nitrogen and oxygen atoms in total. The first-order valence-electron chi connectivity index (χ1n) is 7.23. The number of hydrogen-bond donors (Lipinski definition) is 1. The van der Waals surface area contributed by atoms with Gasteiger partial charge < -0.3 is 10.0 Å². The zero-order chi connectivity index (χ0) is 15.2. The van der Waals surface area contributed by atoms with Gasteiger partial charge in [-0.15, -0.1) is 0 Å². The van der Waals surface area contributed by atoms with E-state index in [9.17, 15) is 4.79 Å². The molecule has 0 saturated carbocycles. The van der Waals surface area contributed by atoms with E-state index in [2.05, 4.69) is 18.8 Å². The molecule has 112 valence electrons. The highest BCUT2D eigenvalue weighted by Gasteiger charge is 2.22. The second-order valence-electron chi connectivity index (χ2n) is 5.24. The molecule has 1 fully saturated rings. The number of aliphatic hydroxyl groups excluding tert-OH is 1. The van der Waals surface area contributed by atoms with Crippen molar-refractivity contribution in [3.05, 3.63) is 34.9 Å². The van der Waals surface area contributed by atoms with E-state index in [1.807, 2.05) is 41.8 Å². The second-order valence-corrected chi connectivity index (χ2v) is 6.78. The van der Waals surface area contributed by atoms with Gasteiger partial charge in [-0.25, -0.2) is 0 Å². The lowest BCUT2D eigenvalue weighted by Crippen LogP contribution is -2.41. The monoisotopic (exact) mass is 303 g/mol. The third-order valence-corrected chi connectivity index (χ3v) is 4.60. The predicted molar refractivity (Wildman–Crippen MR) is 87.6 cm³/mol. The van der Waals surface area contributed by atoms with Gasteiger partial charge in [-0.2, -0.15) is 11.8 Å². The third kappa shape index (κ3) is 4.26. The highest BCUT2D eigenvalue weighted by atomic mass is 32.2. The zero-order valence-corrected chi connectivity index (χ0v) is 13.4. The standard InChI is InChI=1S/C17H21NO2S/c1-13-11-16(7-6-15(13)5-3-4-9-19)17(20)18-8-10-21-14(2)12-18/h6-7,11,14,19H,4,8-10,12H2,1-2H3. The van der Waals surface area contributed by atoms with Crippen molar-refractivity contribution in [2.45, 2.75) is 25.5 Å². The van der Waals surface area contributed by atoms with Crippen molar-refractivity contribution >= 4 is 17.7 Å². The van der Waals surface area contributed by atoms with Gasteiger partial charge in [0.2, 0.25) is 0 Å². The van der Waals surface area contributed by atoms with E-state index < -0.39 is 0 Å². The van der Waals surface area contributed by atoms with Crippen LogP contribution in [0.15, 0.2) is 18.2 Å². The summed E-state index contributed by atoms with van der Waals surface area (Å²) in [5.74, 6) is 7.06. The molecule has 0 aliphatic carbocycles. The zero-order valence-electron chi connectivity index (χ0n) is 12.6. The van der Waals surface area contributed by atoms with Crippen molar-refractivity contribution < 1.29 is 9.90 Å². The lowest BCUT2D eigenvalue weighted by atomic mass is 10.0. The molecule has 1 N–H and O–H groups in total. The van der Waals surface area contributed by atoms with Crippen molar-refractivity contribution in [3.8, 4) is 11.8 Å². The Balaban J connectivity index is 2.12. The van der Waals surface area contributed by atoms with E-state index >= 15 is 0 Å². The molecule has 1 aliphatic rings. The van der Waals surface area contributed by atoms with Crippen molar-refractivity contribution in [1.82, 2.24) is 4.90 Å². The maximum absolute atomic E-state index is 12.5. The minimum absolute atomic E-state index is 0.0772. The lowest BCUT2D eigenvalue weighted by Gasteiger charge is -2.30. The molecule has 1 aliphatic heterocycles. The summed E-state index contributed by atoms with van der Waals surface area (Å²) < 4.78 is 0. The third-order valence-electron chi connectivity index (χ3n) is 3.46. The molecule has 1 heterocycles. The topological polar surface area (TPSA) is 40.5 Å². The highest BCUT2D eigenvalue weighted by Crippen LogP contribution is 2.20. The van der Waals surface area contributed by atoms with Crippen molar-refractivity contribution in [3.63, 3.8) is 0 Å². The number of aliphatic hydroxyl groups is 1. The van der Waals surface area contributed by atoms with Gasteiger partial charge in [0, 0.05) is 41.6 Å². The molecular weight excluding hydrogens is 282 g/mol. The van der Waals surface area contributed by atoms with Crippen molar-refractivity contribution in [2.75, 3.05) is 25.4 Å². The fourth-order valence-electron chi connectivity index (χ4n) is 2.34. The largest absolute Gasteiger partial charge is 0.395 e. The molecule has 0 bridgehead atoms. The number of nitrogens with zero attached hydrogens (tertiary/aromatic N) is 1. The summed E-state index contributed by atoms with van der Waals surface area (Å²) in [7, 11) is 0. The Morgan fingerprint density at radius 2 is 2.33 bits per heavy atom. The van der Waals surface area contributed by atoms with Crippen LogP contribution in [-0.4, -0.2) is 46.6 Å². The smallest absolute Gasteiger partial charge is 0.253 e. The van der Waals surface area contributed by atoms with Gasteiger partial charge in [0.15, 0.2) is 0 Å². The van der Waals surface area contributed by atoms with Crippen LogP contribution < -0.4 is 0 Å². The van der Waals surface area contributed by atoms with Crippen LogP contribution in [0.4, 0.5) is 0 Å². The van der Waals surface area contributed by atoms with E-state index in [1.165, 1.54) is 0 Å². The minimum atomic E-state index is 0.0772. The number of thioether (sulfide) groups is 1. The Morgan fingerprint density at radius 1 is 1.52 bits per heavy atom. The van der Waals surface area contributed by atoms with Crippen molar-refractivity contribution in [1.29, 1.82) is 0 Å². The van der Waals surface area contributed by atoms with Crippen LogP contribution in [0.5, 0.6) is 0 Å². The molecule has 1 unspecified atom stereocenters. The van der Waals surface area contributed by atoms with Gasteiger partial charge in [-0.3, -0.25) is 4.79 Å². The Kier molecular flexibility index (Phi) is 5.72. The number of benzene rings is 1. The number of aryl methyl sites for hydroxylation is 1. The summed E-state index contributed by atoms with van der Waals surface area (Å²) >= 11 is 1.92. The first-order chi connectivity index (χ1) is 10.1. The number of rotatable bonds is 2. The van der Waals surface area contributed by atoms with E-state index in [-0.39, 0.29) is 12.5 Å². The van der Waals surface area contributed by atoms with E-state index in [0.717, 1.165) is 35.5 Å². The maximum Gasteiger partial charge on any atom is 0.253 e. The van der Waals surface area contributed by atoms with Gasteiger partial charge in [-0.1, -0.05) is 18.8 Å². The van der Waals surface area contributed by atoms with E-state index in [0.29, 0.717) is 11.7 Å². The van der Waals surface area contributed by atoms with Crippen LogP contribution in [0.1, 0.15) is 34.8 Å². The Hall–Kier alpha value is -1.44. The second kappa shape index (κ2) is 7.53. The summed E-state index contributed by atoms with van der Waals surface area (Å²) in [6.45, 7) is 5.85. The van der Waals surface area contributed by atoms with Gasteiger partial charge in [-0.05, 0) is 30.7 Å². The molecule has 2 rings (SSSR count). The number of carbonyl (C=O) groups is 1. The van der Waals surface area contributed by atoms with Crippen LogP contribution in [0.25, 0.3) is 0 Å². The number of hydrogen-bond acceptors (Lipinski definition) is 3. The molecule has 1 aromatic carbocycles. The normalized spacial score (nSPS) is 18.0. The summed E-state index contributed by atoms with van der Waals surface area (Å²) in [6.07, 6.45) is 0.476. The molecule has 1 saturated heterocycles. The average Bonchev–Trinajstić information content (AvgIpc) is 2.48. The van der Waals surface area contributed by atoms with Gasteiger partial charge in [0.05, 0.1) is 6.61 Å². The number of amides is 1. The fourth-order valence-corrected chi connectivity index (χ4v) is 3.35. The van der Waals surface area contributed by atoms with E-state index in [1.54, 1.807) is 0 Å². The summed E-state index contributed by atoms with van der Waals surface area (Å²) in [6, 6.07) is 5.66. The predicted octanol–water partition coefficient (Wildman–Crippen LogP) is 2.31. The molecule has 0 radical (unpaired) electrons. The van der Waals surface area contributed by atoms with Gasteiger partial charge in [0.1, 0.15) is 0 Å². The van der Waals surface area contributed by atoms with Crippen molar-refractivity contribution in [2.24, 2.45) is 0 Å². The van der Waals surface area contributed by atoms with Crippen LogP contribution in [-0.2, 0) is 0 Å². The van der Waals surface area contributed by atoms with Crippen LogP contribution >= 0.6 is 11.8 Å². The SMILES string of the molecule is Cc1cc(C(=O)N2CCSC(C)C2)ccc1C#CCCO. The Bertz CT molecular complexity index is 574. The molecule has 1 amide bonds. The molecular formula is C17H21NO2S. The average molecular weight is 303 g/mol. The van der Waals surface area contributed by atoms with E-state index in [4.69, 9.17) is 5.11 Å². The van der Waals surface area contributed by atoms with Crippen LogP contribution in [0.3, 0.4) is 0 Å². The Labute approximate surface area is 130 Å².